The Hall–Kier alpha value is -1.31. The van der Waals surface area contributed by atoms with Crippen LogP contribution in [0, 0.1) is 5.82 Å². The second-order valence-electron chi connectivity index (χ2n) is 5.03. The molecule has 0 saturated carbocycles. The van der Waals surface area contributed by atoms with Gasteiger partial charge in [-0.1, -0.05) is 58.5 Å². The normalized spacial score (nSPS) is 12.2. The predicted octanol–water partition coefficient (Wildman–Crippen LogP) is 4.89. The lowest BCUT2D eigenvalue weighted by Crippen LogP contribution is -2.56. The van der Waals surface area contributed by atoms with Crippen LogP contribution in [0.3, 0.4) is 0 Å². The van der Waals surface area contributed by atoms with Crippen molar-refractivity contribution >= 4 is 75.3 Å². The first kappa shape index (κ1) is 21.0. The number of carbonyl (C=O) groups is 1. The molecule has 0 bridgehead atoms. The Morgan fingerprint density at radius 3 is 2.23 bits per heavy atom. The van der Waals surface area contributed by atoms with Gasteiger partial charge < -0.3 is 16.0 Å². The van der Waals surface area contributed by atoms with Gasteiger partial charge in [0, 0.05) is 5.56 Å². The Balaban J connectivity index is 2.07. The zero-order valence-electron chi connectivity index (χ0n) is 12.9. The number of thiocarbonyl (C=S) groups is 1. The summed E-state index contributed by atoms with van der Waals surface area (Å²) in [6, 6.07) is 11.8. The van der Waals surface area contributed by atoms with E-state index in [1.807, 2.05) is 0 Å². The van der Waals surface area contributed by atoms with Crippen LogP contribution in [0.2, 0.25) is 5.02 Å². The second kappa shape index (κ2) is 9.06. The maximum Gasteiger partial charge on any atom is 0.252 e. The van der Waals surface area contributed by atoms with Gasteiger partial charge in [0.2, 0.25) is 3.79 Å². The second-order valence-corrected chi connectivity index (χ2v) is 8.22. The molecular formula is C16H12Cl4FN3OS. The fourth-order valence-corrected chi connectivity index (χ4v) is 2.61. The quantitative estimate of drug-likeness (QED) is 0.349. The lowest BCUT2D eigenvalue weighted by molar-refractivity contribution is 0.0934. The minimum atomic E-state index is -1.91. The topological polar surface area (TPSA) is 53.2 Å². The number of anilines is 1. The van der Waals surface area contributed by atoms with E-state index in [4.69, 9.17) is 58.6 Å². The smallest absolute Gasteiger partial charge is 0.252 e. The molecule has 2 aromatic rings. The molecule has 2 rings (SSSR count). The van der Waals surface area contributed by atoms with Crippen molar-refractivity contribution in [1.82, 2.24) is 10.6 Å². The molecule has 0 aliphatic heterocycles. The molecule has 4 nitrogen and oxygen atoms in total. The lowest BCUT2D eigenvalue weighted by atomic mass is 10.2. The number of hydrogen-bond acceptors (Lipinski definition) is 2. The van der Waals surface area contributed by atoms with E-state index in [1.165, 1.54) is 12.1 Å². The predicted molar refractivity (Wildman–Crippen MR) is 109 cm³/mol. The van der Waals surface area contributed by atoms with E-state index in [2.05, 4.69) is 16.0 Å². The molecule has 0 aliphatic rings. The van der Waals surface area contributed by atoms with Gasteiger partial charge in [0.05, 0.1) is 10.7 Å². The monoisotopic (exact) mass is 453 g/mol. The number of amides is 1. The van der Waals surface area contributed by atoms with Gasteiger partial charge in [-0.2, -0.15) is 0 Å². The van der Waals surface area contributed by atoms with Gasteiger partial charge in [-0.15, -0.1) is 0 Å². The minimum absolute atomic E-state index is 0.0776. The number of benzene rings is 2. The zero-order chi connectivity index (χ0) is 19.3. The van der Waals surface area contributed by atoms with Gasteiger partial charge in [0.1, 0.15) is 12.0 Å². The molecule has 0 heterocycles. The molecule has 26 heavy (non-hydrogen) atoms. The molecule has 0 spiro atoms. The first-order chi connectivity index (χ1) is 12.2. The maximum absolute atomic E-state index is 13.0. The van der Waals surface area contributed by atoms with Gasteiger partial charge in [-0.05, 0) is 48.6 Å². The summed E-state index contributed by atoms with van der Waals surface area (Å²) in [6.45, 7) is 0. The maximum atomic E-state index is 13.0. The minimum Gasteiger partial charge on any atom is -0.339 e. The average Bonchev–Trinajstić information content (AvgIpc) is 2.56. The van der Waals surface area contributed by atoms with Crippen LogP contribution in [-0.4, -0.2) is 21.0 Å². The summed E-state index contributed by atoms with van der Waals surface area (Å²) in [5.74, 6) is -1.04. The molecule has 3 N–H and O–H groups in total. The van der Waals surface area contributed by atoms with Crippen LogP contribution >= 0.6 is 58.6 Å². The van der Waals surface area contributed by atoms with Crippen LogP contribution in [0.15, 0.2) is 48.5 Å². The largest absolute Gasteiger partial charge is 0.339 e. The number of hydrogen-bond donors (Lipinski definition) is 3. The van der Waals surface area contributed by atoms with Crippen molar-refractivity contribution in [2.45, 2.75) is 9.96 Å². The SMILES string of the molecule is O=C(N[C@H](NC(=S)Nc1ccccc1Cl)C(Cl)(Cl)Cl)c1ccc(F)cc1. The van der Waals surface area contributed by atoms with E-state index >= 15 is 0 Å². The fraction of sp³-hybridized carbons (Fsp3) is 0.125. The number of para-hydroxylation sites is 1. The third-order valence-electron chi connectivity index (χ3n) is 3.11. The van der Waals surface area contributed by atoms with Gasteiger partial charge in [0.15, 0.2) is 5.11 Å². The Morgan fingerprint density at radius 2 is 1.65 bits per heavy atom. The van der Waals surface area contributed by atoms with Crippen LogP contribution < -0.4 is 16.0 Å². The molecule has 1 atom stereocenters. The number of alkyl halides is 3. The van der Waals surface area contributed by atoms with Gasteiger partial charge in [-0.3, -0.25) is 4.79 Å². The summed E-state index contributed by atoms with van der Waals surface area (Å²) in [5.41, 5.74) is 0.733. The van der Waals surface area contributed by atoms with E-state index in [0.29, 0.717) is 10.7 Å². The summed E-state index contributed by atoms with van der Waals surface area (Å²) >= 11 is 29.0. The molecular weight excluding hydrogens is 443 g/mol. The van der Waals surface area contributed by atoms with Crippen molar-refractivity contribution in [2.75, 3.05) is 5.32 Å². The Kier molecular flexibility index (Phi) is 7.32. The Labute approximate surface area is 174 Å². The molecule has 0 fully saturated rings. The van der Waals surface area contributed by atoms with Crippen molar-refractivity contribution in [2.24, 2.45) is 0 Å². The van der Waals surface area contributed by atoms with E-state index in [0.717, 1.165) is 12.1 Å². The third-order valence-corrected chi connectivity index (χ3v) is 4.31. The van der Waals surface area contributed by atoms with Gasteiger partial charge >= 0.3 is 0 Å². The highest BCUT2D eigenvalue weighted by atomic mass is 35.6. The first-order valence-corrected chi connectivity index (χ1v) is 9.04. The summed E-state index contributed by atoms with van der Waals surface area (Å²) in [4.78, 5) is 12.3. The van der Waals surface area contributed by atoms with Crippen LogP contribution in [0.5, 0.6) is 0 Å². The first-order valence-electron chi connectivity index (χ1n) is 7.12. The highest BCUT2D eigenvalue weighted by Crippen LogP contribution is 2.29. The lowest BCUT2D eigenvalue weighted by Gasteiger charge is -2.28. The summed E-state index contributed by atoms with van der Waals surface area (Å²) in [5, 5.41) is 8.56. The molecule has 0 aliphatic carbocycles. The Bertz CT molecular complexity index is 799. The molecule has 2 aromatic carbocycles. The van der Waals surface area contributed by atoms with Crippen LogP contribution in [0.4, 0.5) is 10.1 Å². The van der Waals surface area contributed by atoms with E-state index in [-0.39, 0.29) is 10.7 Å². The van der Waals surface area contributed by atoms with E-state index in [9.17, 15) is 9.18 Å². The summed E-state index contributed by atoms with van der Waals surface area (Å²) < 4.78 is 11.1. The molecule has 10 heteroatoms. The summed E-state index contributed by atoms with van der Waals surface area (Å²) in [7, 11) is 0. The van der Waals surface area contributed by atoms with Gasteiger partial charge in [-0.25, -0.2) is 4.39 Å². The number of nitrogens with one attached hydrogen (secondary N) is 3. The standard InChI is InChI=1S/C16H12Cl4FN3OS/c17-11-3-1-2-4-12(11)22-15(26)24-14(16(18,19)20)23-13(25)9-5-7-10(21)8-6-9/h1-8,14H,(H,23,25)(H2,22,24,26)/t14-/m1/s1. The fourth-order valence-electron chi connectivity index (χ4n) is 1.87. The average molecular weight is 455 g/mol. The van der Waals surface area contributed by atoms with E-state index in [1.54, 1.807) is 24.3 Å². The molecule has 0 aromatic heterocycles. The molecule has 0 saturated heterocycles. The van der Waals surface area contributed by atoms with Crippen LogP contribution in [-0.2, 0) is 0 Å². The van der Waals surface area contributed by atoms with Crippen LogP contribution in [0.1, 0.15) is 10.4 Å². The zero-order valence-corrected chi connectivity index (χ0v) is 16.7. The molecule has 138 valence electrons. The number of rotatable bonds is 4. The van der Waals surface area contributed by atoms with Crippen molar-refractivity contribution < 1.29 is 9.18 Å². The highest BCUT2D eigenvalue weighted by Gasteiger charge is 2.35. The summed E-state index contributed by atoms with van der Waals surface area (Å²) in [6.07, 6.45) is -1.16. The van der Waals surface area contributed by atoms with Crippen LogP contribution in [0.25, 0.3) is 0 Å². The van der Waals surface area contributed by atoms with Gasteiger partial charge in [0.25, 0.3) is 5.91 Å². The Morgan fingerprint density at radius 1 is 1.04 bits per heavy atom. The molecule has 0 radical (unpaired) electrons. The van der Waals surface area contributed by atoms with Crippen molar-refractivity contribution in [1.29, 1.82) is 0 Å². The van der Waals surface area contributed by atoms with Crippen molar-refractivity contribution in [3.63, 3.8) is 0 Å². The highest BCUT2D eigenvalue weighted by molar-refractivity contribution is 7.80. The number of carbonyl (C=O) groups excluding carboxylic acids is 1. The molecule has 1 amide bonds. The van der Waals surface area contributed by atoms with Crippen molar-refractivity contribution in [3.8, 4) is 0 Å². The number of halogens is 5. The van der Waals surface area contributed by atoms with E-state index < -0.39 is 21.7 Å². The third kappa shape index (κ3) is 6.14. The van der Waals surface area contributed by atoms with Crippen molar-refractivity contribution in [3.05, 3.63) is 64.9 Å². The molecule has 0 unspecified atom stereocenters.